The number of imidazole rings is 1. The van der Waals surface area contributed by atoms with Gasteiger partial charge in [-0.25, -0.2) is 13.6 Å². The highest BCUT2D eigenvalue weighted by atomic mass is 19.3. The molecule has 0 bridgehead atoms. The molecular formula is C45H56F2N10O5. The molecule has 4 aromatic rings. The van der Waals surface area contributed by atoms with Gasteiger partial charge >= 0.3 is 5.69 Å². The van der Waals surface area contributed by atoms with Crippen LogP contribution in [0.15, 0.2) is 64.9 Å². The van der Waals surface area contributed by atoms with Gasteiger partial charge in [0.2, 0.25) is 23.6 Å². The van der Waals surface area contributed by atoms with Crippen molar-refractivity contribution >= 4 is 40.3 Å². The highest BCUT2D eigenvalue weighted by molar-refractivity contribution is 6.00. The lowest BCUT2D eigenvalue weighted by atomic mass is 9.91. The quantitative estimate of drug-likeness (QED) is 0.129. The van der Waals surface area contributed by atoms with Crippen molar-refractivity contribution in [1.82, 2.24) is 39.3 Å². The summed E-state index contributed by atoms with van der Waals surface area (Å²) in [5.74, 6) is -0.740. The summed E-state index contributed by atoms with van der Waals surface area (Å²) in [5.41, 5.74) is 12.8. The van der Waals surface area contributed by atoms with E-state index in [1.54, 1.807) is 46.6 Å². The fourth-order valence-electron chi connectivity index (χ4n) is 9.72. The van der Waals surface area contributed by atoms with Crippen LogP contribution in [-0.4, -0.2) is 97.3 Å². The fourth-order valence-corrected chi connectivity index (χ4v) is 9.72. The molecule has 0 radical (unpaired) electrons. The molecule has 4 amide bonds. The number of alkyl halides is 2. The first-order chi connectivity index (χ1) is 29.9. The minimum atomic E-state index is -2.69. The summed E-state index contributed by atoms with van der Waals surface area (Å²) in [6.45, 7) is 4.69. The number of likely N-dealkylation sites (tertiary alicyclic amines) is 1. The molecule has 0 saturated carbocycles. The summed E-state index contributed by atoms with van der Waals surface area (Å²) in [5, 5.41) is 10.3. The maximum absolute atomic E-state index is 14.6. The first-order valence-electron chi connectivity index (χ1n) is 21.9. The predicted molar refractivity (Wildman–Crippen MR) is 230 cm³/mol. The average molecular weight is 855 g/mol. The van der Waals surface area contributed by atoms with E-state index < -0.39 is 24.5 Å². The third-order valence-corrected chi connectivity index (χ3v) is 13.1. The number of aromatic nitrogens is 4. The molecule has 6 heterocycles. The van der Waals surface area contributed by atoms with E-state index in [-0.39, 0.29) is 47.9 Å². The molecule has 17 heteroatoms. The van der Waals surface area contributed by atoms with Crippen LogP contribution in [0.25, 0.3) is 22.2 Å². The van der Waals surface area contributed by atoms with Crippen LogP contribution >= 0.6 is 0 Å². The van der Waals surface area contributed by atoms with Crippen LogP contribution in [0, 0.1) is 0 Å². The second-order valence-electron chi connectivity index (χ2n) is 17.1. The van der Waals surface area contributed by atoms with Gasteiger partial charge in [-0.1, -0.05) is 18.6 Å². The Balaban J connectivity index is 0.876. The van der Waals surface area contributed by atoms with E-state index in [1.165, 1.54) is 4.57 Å². The number of amides is 4. The van der Waals surface area contributed by atoms with Crippen molar-refractivity contribution in [3.05, 3.63) is 81.7 Å². The van der Waals surface area contributed by atoms with E-state index in [9.17, 15) is 32.8 Å². The van der Waals surface area contributed by atoms with Gasteiger partial charge in [-0.05, 0) is 80.3 Å². The number of anilines is 1. The number of hydrogen-bond donors (Lipinski definition) is 3. The summed E-state index contributed by atoms with van der Waals surface area (Å²) in [6, 6.07) is 10.2. The maximum Gasteiger partial charge on any atom is 0.329 e. The number of rotatable bonds is 13. The van der Waals surface area contributed by atoms with Crippen LogP contribution in [-0.2, 0) is 39.2 Å². The molecule has 2 unspecified atom stereocenters. The van der Waals surface area contributed by atoms with Gasteiger partial charge in [0.05, 0.1) is 17.2 Å². The van der Waals surface area contributed by atoms with E-state index in [0.717, 1.165) is 54.5 Å². The Morgan fingerprint density at radius 2 is 1.73 bits per heavy atom. The zero-order valence-corrected chi connectivity index (χ0v) is 35.5. The number of piperidine rings is 2. The van der Waals surface area contributed by atoms with Crippen molar-refractivity contribution in [2.75, 3.05) is 37.6 Å². The Morgan fingerprint density at radius 3 is 2.44 bits per heavy atom. The zero-order chi connectivity index (χ0) is 43.7. The second-order valence-corrected chi connectivity index (χ2v) is 17.1. The van der Waals surface area contributed by atoms with Crippen molar-refractivity contribution < 1.29 is 28.0 Å². The number of nitrogens with one attached hydrogen (secondary N) is 2. The van der Waals surface area contributed by atoms with Crippen molar-refractivity contribution in [1.29, 1.82) is 0 Å². The van der Waals surface area contributed by atoms with Gasteiger partial charge < -0.3 is 25.8 Å². The van der Waals surface area contributed by atoms with E-state index in [0.29, 0.717) is 87.3 Å². The topological polar surface area (TPSA) is 173 Å². The number of nitrogens with two attached hydrogens (primary N) is 1. The van der Waals surface area contributed by atoms with Gasteiger partial charge in [-0.2, -0.15) is 5.10 Å². The normalized spacial score (nSPS) is 19.3. The molecule has 330 valence electrons. The highest BCUT2D eigenvalue weighted by Crippen LogP contribution is 2.40. The van der Waals surface area contributed by atoms with Gasteiger partial charge in [0.1, 0.15) is 12.2 Å². The minimum Gasteiger partial charge on any atom is -0.385 e. The number of aryl methyl sites for hydroxylation is 3. The number of hydrogen-bond acceptors (Lipinski definition) is 9. The maximum atomic E-state index is 14.6. The molecule has 4 aliphatic rings. The summed E-state index contributed by atoms with van der Waals surface area (Å²) in [4.78, 5) is 69.6. The van der Waals surface area contributed by atoms with Gasteiger partial charge in [0.25, 0.3) is 6.43 Å². The van der Waals surface area contributed by atoms with Crippen LogP contribution in [0.2, 0.25) is 0 Å². The number of nitrogens with zero attached hydrogens (tertiary/aromatic N) is 7. The van der Waals surface area contributed by atoms with Gasteiger partial charge in [0, 0.05) is 113 Å². The lowest BCUT2D eigenvalue weighted by molar-refractivity contribution is -0.136. The molecule has 2 fully saturated rings. The van der Waals surface area contributed by atoms with Crippen molar-refractivity contribution in [2.24, 2.45) is 12.8 Å². The zero-order valence-electron chi connectivity index (χ0n) is 35.5. The number of carbonyl (C=O) groups is 4. The second kappa shape index (κ2) is 18.2. The van der Waals surface area contributed by atoms with E-state index in [4.69, 9.17) is 5.73 Å². The largest absolute Gasteiger partial charge is 0.385 e. The van der Waals surface area contributed by atoms with E-state index in [1.807, 2.05) is 40.1 Å². The molecular weight excluding hydrogens is 799 g/mol. The smallest absolute Gasteiger partial charge is 0.329 e. The average Bonchev–Trinajstić information content (AvgIpc) is 3.82. The Morgan fingerprint density at radius 1 is 0.952 bits per heavy atom. The van der Waals surface area contributed by atoms with Crippen molar-refractivity contribution in [3.63, 3.8) is 0 Å². The van der Waals surface area contributed by atoms with E-state index in [2.05, 4.69) is 15.7 Å². The summed E-state index contributed by atoms with van der Waals surface area (Å²) >= 11 is 0. The molecule has 0 spiro atoms. The molecule has 4 N–H and O–H groups in total. The molecule has 4 aliphatic heterocycles. The third kappa shape index (κ3) is 8.76. The number of para-hydroxylation sites is 2. The lowest BCUT2D eigenvalue weighted by Crippen LogP contribution is -2.53. The fraction of sp³-hybridized carbons (Fsp3) is 0.511. The molecule has 2 aromatic carbocycles. The van der Waals surface area contributed by atoms with Crippen molar-refractivity contribution in [3.8, 4) is 11.1 Å². The SMILES string of the molecule is CC(=O)N1CCC(NC2CCN(C(=O)CCCCCn3c(=O)n(C4CCC(=O)NC4=O)c4ccccc43)CC2)=C(C(N)N2CCCc3cc(-c4cnn(C)c4)c(C(F)F)cc32)C1. The van der Waals surface area contributed by atoms with Crippen molar-refractivity contribution in [2.45, 2.75) is 109 Å². The van der Waals surface area contributed by atoms with Gasteiger partial charge in [-0.3, -0.25) is 38.3 Å². The predicted octanol–water partition coefficient (Wildman–Crippen LogP) is 4.50. The molecule has 0 aliphatic carbocycles. The Hall–Kier alpha value is -5.84. The summed E-state index contributed by atoms with van der Waals surface area (Å²) in [7, 11) is 1.76. The number of carbonyl (C=O) groups excluding carboxylic acids is 4. The number of halogens is 2. The van der Waals surface area contributed by atoms with Crippen LogP contribution < -0.4 is 27.0 Å². The first-order valence-corrected chi connectivity index (χ1v) is 21.9. The summed E-state index contributed by atoms with van der Waals surface area (Å²) < 4.78 is 34.0. The highest BCUT2D eigenvalue weighted by Gasteiger charge is 2.34. The Kier molecular flexibility index (Phi) is 12.6. The summed E-state index contributed by atoms with van der Waals surface area (Å²) in [6.07, 6.45) is 6.61. The number of imide groups is 1. The monoisotopic (exact) mass is 854 g/mol. The molecule has 2 aromatic heterocycles. The van der Waals surface area contributed by atoms with E-state index >= 15 is 0 Å². The number of benzene rings is 2. The molecule has 2 atom stereocenters. The minimum absolute atomic E-state index is 0.0491. The number of fused-ring (bicyclic) bond motifs is 2. The van der Waals surface area contributed by atoms with Crippen LogP contribution in [0.5, 0.6) is 0 Å². The standard InChI is InChI=1S/C45H56F2N10O5/c1-28(58)54-22-17-35(34(27-54)43(48)55-19-8-9-29-23-32(30-25-49-52(2)26-30)33(42(46)47)24-39(29)55)50-31-15-20-53(21-16-31)41(60)12-4-3-7-18-56-36-10-5-6-11-37(36)57(45(56)62)38-13-14-40(59)51-44(38)61/h5-6,10-11,23-26,31,38,42-43,50H,3-4,7-9,12-22,27,48H2,1-2H3,(H,51,59,61). The Bertz CT molecular complexity index is 2450. The molecule has 62 heavy (non-hydrogen) atoms. The Labute approximate surface area is 358 Å². The third-order valence-electron chi connectivity index (χ3n) is 13.1. The van der Waals surface area contributed by atoms with Gasteiger partial charge in [0.15, 0.2) is 0 Å². The molecule has 2 saturated heterocycles. The molecule has 15 nitrogen and oxygen atoms in total. The lowest BCUT2D eigenvalue weighted by Gasteiger charge is -2.42. The van der Waals surface area contributed by atoms with Crippen LogP contribution in [0.1, 0.15) is 94.7 Å². The van der Waals surface area contributed by atoms with Crippen LogP contribution in [0.3, 0.4) is 0 Å². The first kappa shape index (κ1) is 42.8. The van der Waals surface area contributed by atoms with Crippen LogP contribution in [0.4, 0.5) is 14.5 Å². The van der Waals surface area contributed by atoms with Gasteiger partial charge in [-0.15, -0.1) is 0 Å². The number of unbranched alkanes of at least 4 members (excludes halogenated alkanes) is 2. The molecule has 8 rings (SSSR count).